The summed E-state index contributed by atoms with van der Waals surface area (Å²) in [5.41, 5.74) is 4.61. The number of hydrogen-bond donors (Lipinski definition) is 3. The van der Waals surface area contributed by atoms with E-state index in [4.69, 9.17) is 9.72 Å². The summed E-state index contributed by atoms with van der Waals surface area (Å²) >= 11 is 0. The average molecular weight is 608 g/mol. The molecule has 1 saturated carbocycles. The smallest absolute Gasteiger partial charge is 0.352 e. The van der Waals surface area contributed by atoms with E-state index in [0.717, 1.165) is 40.6 Å². The van der Waals surface area contributed by atoms with Crippen LogP contribution in [0.1, 0.15) is 71.9 Å². The number of pyridine rings is 1. The van der Waals surface area contributed by atoms with Crippen LogP contribution in [0.2, 0.25) is 0 Å². The van der Waals surface area contributed by atoms with Crippen molar-refractivity contribution in [3.8, 4) is 17.3 Å². The number of carbonyl (C=O) groups excluding carboxylic acids is 2. The van der Waals surface area contributed by atoms with Crippen molar-refractivity contribution in [1.29, 1.82) is 0 Å². The van der Waals surface area contributed by atoms with E-state index in [2.05, 4.69) is 15.2 Å². The molecule has 3 aromatic heterocycles. The molecule has 1 aliphatic rings. The van der Waals surface area contributed by atoms with Crippen LogP contribution in [-0.2, 0) is 18.9 Å². The van der Waals surface area contributed by atoms with E-state index < -0.39 is 17.4 Å². The topological polar surface area (TPSA) is 127 Å². The molecular weight excluding hydrogens is 570 g/mol. The molecule has 5 aromatic rings. The fraction of sp³-hybridized carbons (Fsp3) is 0.314. The largest absolute Gasteiger partial charge is 0.481 e. The Morgan fingerprint density at radius 1 is 0.956 bits per heavy atom. The van der Waals surface area contributed by atoms with Crippen LogP contribution < -0.4 is 15.4 Å². The molecule has 2 amide bonds. The van der Waals surface area contributed by atoms with Gasteiger partial charge in [0.2, 0.25) is 11.8 Å². The third-order valence-electron chi connectivity index (χ3n) is 8.95. The predicted octanol–water partition coefficient (Wildman–Crippen LogP) is 6.24. The molecule has 1 fully saturated rings. The van der Waals surface area contributed by atoms with Crippen molar-refractivity contribution < 1.29 is 24.2 Å². The number of aromatic nitrogens is 3. The van der Waals surface area contributed by atoms with Gasteiger partial charge in [0.1, 0.15) is 11.2 Å². The molecule has 10 nitrogen and oxygen atoms in total. The van der Waals surface area contributed by atoms with Crippen LogP contribution in [0.5, 0.6) is 5.88 Å². The van der Waals surface area contributed by atoms with Crippen molar-refractivity contribution in [2.75, 3.05) is 12.4 Å². The maximum absolute atomic E-state index is 13.6. The fourth-order valence-electron chi connectivity index (χ4n) is 6.54. The highest BCUT2D eigenvalue weighted by Crippen LogP contribution is 2.44. The van der Waals surface area contributed by atoms with Gasteiger partial charge in [0, 0.05) is 53.2 Å². The van der Waals surface area contributed by atoms with Crippen LogP contribution in [0.3, 0.4) is 0 Å². The van der Waals surface area contributed by atoms with Gasteiger partial charge in [-0.3, -0.25) is 9.59 Å². The number of amides is 2. The summed E-state index contributed by atoms with van der Waals surface area (Å²) in [5.74, 6) is -0.848. The van der Waals surface area contributed by atoms with Crippen LogP contribution >= 0.6 is 0 Å². The van der Waals surface area contributed by atoms with E-state index in [0.29, 0.717) is 28.4 Å². The van der Waals surface area contributed by atoms with Crippen molar-refractivity contribution in [1.82, 2.24) is 19.4 Å². The first-order chi connectivity index (χ1) is 21.5. The number of methoxy groups -OCH3 is 1. The number of ether oxygens (including phenoxy) is 1. The first-order valence-corrected chi connectivity index (χ1v) is 15.1. The lowest BCUT2D eigenvalue weighted by atomic mass is 9.93. The number of benzene rings is 2. The van der Waals surface area contributed by atoms with Crippen molar-refractivity contribution in [2.24, 2.45) is 14.1 Å². The van der Waals surface area contributed by atoms with Crippen molar-refractivity contribution >= 4 is 45.3 Å². The Hall–Kier alpha value is -5.12. The zero-order chi connectivity index (χ0) is 32.0. The normalized spacial score (nSPS) is 13.8. The molecule has 1 aliphatic carbocycles. The average Bonchev–Trinajstić information content (AvgIpc) is 3.73. The van der Waals surface area contributed by atoms with Crippen LogP contribution in [0.25, 0.3) is 33.2 Å². The third kappa shape index (κ3) is 5.41. The summed E-state index contributed by atoms with van der Waals surface area (Å²) in [6.07, 6.45) is 4.59. The van der Waals surface area contributed by atoms with E-state index in [-0.39, 0.29) is 11.6 Å². The number of nitrogens with one attached hydrogen (secondary N) is 2. The van der Waals surface area contributed by atoms with Crippen LogP contribution in [-0.4, -0.2) is 49.7 Å². The molecule has 0 spiro atoms. The lowest BCUT2D eigenvalue weighted by molar-refractivity contribution is -0.120. The highest BCUT2D eigenvalue weighted by atomic mass is 16.5. The van der Waals surface area contributed by atoms with Gasteiger partial charge in [0.25, 0.3) is 5.91 Å². The number of aromatic carboxylic acids is 1. The Labute approximate surface area is 261 Å². The molecule has 10 heteroatoms. The van der Waals surface area contributed by atoms with Crippen LogP contribution in [0.15, 0.2) is 60.7 Å². The van der Waals surface area contributed by atoms with E-state index in [1.54, 1.807) is 56.8 Å². The standard InChI is InChI=1S/C35H37N5O5/c1-35(2,34(44)36-23-14-16-26-22(17-23)19-28(33(42)43)39(26)3)38-32(41)21-13-15-24-27(18-21)40(4)31(30(24)20-9-6-7-10-20)25-11-8-12-29(37-25)45-5/h8,11-20H,6-7,9-10H2,1-5H3,(H,36,44)(H,38,41)(H,42,43). The quantitative estimate of drug-likeness (QED) is 0.192. The Kier molecular flexibility index (Phi) is 7.60. The zero-order valence-corrected chi connectivity index (χ0v) is 26.1. The number of carboxylic acids is 1. The highest BCUT2D eigenvalue weighted by Gasteiger charge is 2.31. The number of hydrogen-bond acceptors (Lipinski definition) is 5. The molecule has 0 atom stereocenters. The first-order valence-electron chi connectivity index (χ1n) is 15.1. The number of nitrogens with zero attached hydrogens (tertiary/aromatic N) is 3. The molecule has 232 valence electrons. The Bertz CT molecular complexity index is 1980. The molecule has 0 bridgehead atoms. The van der Waals surface area contributed by atoms with Crippen molar-refractivity contribution in [3.63, 3.8) is 0 Å². The Balaban J connectivity index is 1.27. The van der Waals surface area contributed by atoms with Gasteiger partial charge in [-0.15, -0.1) is 0 Å². The maximum Gasteiger partial charge on any atom is 0.352 e. The lowest BCUT2D eigenvalue weighted by Crippen LogP contribution is -2.52. The number of carboxylic acid groups (broad SMARTS) is 1. The highest BCUT2D eigenvalue weighted by molar-refractivity contribution is 6.06. The minimum atomic E-state index is -1.25. The molecule has 0 saturated heterocycles. The summed E-state index contributed by atoms with van der Waals surface area (Å²) in [6.45, 7) is 3.30. The number of anilines is 1. The Morgan fingerprint density at radius 2 is 1.71 bits per heavy atom. The monoisotopic (exact) mass is 607 g/mol. The Morgan fingerprint density at radius 3 is 2.42 bits per heavy atom. The molecule has 3 N–H and O–H groups in total. The first kappa shape index (κ1) is 29.9. The maximum atomic E-state index is 13.6. The van der Waals surface area contributed by atoms with E-state index in [9.17, 15) is 19.5 Å². The summed E-state index contributed by atoms with van der Waals surface area (Å²) in [7, 11) is 5.29. The third-order valence-corrected chi connectivity index (χ3v) is 8.95. The minimum Gasteiger partial charge on any atom is -0.481 e. The second-order valence-corrected chi connectivity index (χ2v) is 12.3. The minimum absolute atomic E-state index is 0.151. The second-order valence-electron chi connectivity index (χ2n) is 12.3. The van der Waals surface area contributed by atoms with Gasteiger partial charge in [-0.1, -0.05) is 25.0 Å². The lowest BCUT2D eigenvalue weighted by Gasteiger charge is -2.25. The molecular formula is C35H37N5O5. The van der Waals surface area contributed by atoms with Gasteiger partial charge < -0.3 is 29.6 Å². The zero-order valence-electron chi connectivity index (χ0n) is 26.1. The van der Waals surface area contributed by atoms with Crippen molar-refractivity contribution in [2.45, 2.75) is 51.0 Å². The number of carbonyl (C=O) groups is 3. The molecule has 0 aliphatic heterocycles. The molecule has 45 heavy (non-hydrogen) atoms. The molecule has 2 aromatic carbocycles. The second kappa shape index (κ2) is 11.4. The predicted molar refractivity (Wildman–Crippen MR) is 174 cm³/mol. The number of rotatable bonds is 8. The van der Waals surface area contributed by atoms with Crippen LogP contribution in [0, 0.1) is 0 Å². The van der Waals surface area contributed by atoms with Gasteiger partial charge in [0.15, 0.2) is 0 Å². The fourth-order valence-corrected chi connectivity index (χ4v) is 6.54. The summed E-state index contributed by atoms with van der Waals surface area (Å²) < 4.78 is 9.11. The SMILES string of the molecule is COc1cccc(-c2c(C3CCCC3)c3ccc(C(=O)NC(C)(C)C(=O)Nc4ccc5c(c4)cc(C(=O)O)n5C)cc3n2C)n1. The van der Waals surface area contributed by atoms with Gasteiger partial charge >= 0.3 is 5.97 Å². The van der Waals surface area contributed by atoms with Crippen LogP contribution in [0.4, 0.5) is 5.69 Å². The van der Waals surface area contributed by atoms with Gasteiger partial charge in [-0.05, 0) is 80.6 Å². The number of aryl methyl sites for hydroxylation is 2. The molecule has 6 rings (SSSR count). The molecule has 0 unspecified atom stereocenters. The van der Waals surface area contributed by atoms with E-state index in [1.807, 2.05) is 43.4 Å². The van der Waals surface area contributed by atoms with Gasteiger partial charge in [-0.25, -0.2) is 9.78 Å². The number of fused-ring (bicyclic) bond motifs is 2. The summed E-state index contributed by atoms with van der Waals surface area (Å²) in [4.78, 5) is 43.2. The van der Waals surface area contributed by atoms with E-state index >= 15 is 0 Å². The van der Waals surface area contributed by atoms with Crippen molar-refractivity contribution in [3.05, 3.63) is 77.5 Å². The summed E-state index contributed by atoms with van der Waals surface area (Å²) in [6, 6.07) is 18.2. The summed E-state index contributed by atoms with van der Waals surface area (Å²) in [5, 5.41) is 17.0. The van der Waals surface area contributed by atoms with Gasteiger partial charge in [0.05, 0.1) is 18.5 Å². The molecule has 3 heterocycles. The van der Waals surface area contributed by atoms with Gasteiger partial charge in [-0.2, -0.15) is 0 Å². The molecule has 0 radical (unpaired) electrons. The van der Waals surface area contributed by atoms with E-state index in [1.165, 1.54) is 18.4 Å².